The van der Waals surface area contributed by atoms with E-state index >= 15 is 0 Å². The van der Waals surface area contributed by atoms with Crippen LogP contribution in [0.25, 0.3) is 0 Å². The molecule has 1 unspecified atom stereocenters. The molecule has 0 heterocycles. The highest BCUT2D eigenvalue weighted by atomic mass is 19.4. The van der Waals surface area contributed by atoms with Crippen LogP contribution in [0.4, 0.5) is 18.0 Å². The second-order valence-corrected chi connectivity index (χ2v) is 4.58. The van der Waals surface area contributed by atoms with Gasteiger partial charge >= 0.3 is 18.2 Å². The number of amides is 2. The number of hydrogen-bond donors (Lipinski definition) is 3. The fourth-order valence-electron chi connectivity index (χ4n) is 1.01. The van der Waals surface area contributed by atoms with Gasteiger partial charge in [-0.25, -0.2) is 9.59 Å². The molecule has 0 radical (unpaired) electrons. The van der Waals surface area contributed by atoms with Crippen molar-refractivity contribution in [2.24, 2.45) is 5.41 Å². The number of carbonyl (C=O) groups is 2. The highest BCUT2D eigenvalue weighted by molar-refractivity contribution is 5.83. The molecular formula is C9H15F3N2O3. The van der Waals surface area contributed by atoms with Crippen molar-refractivity contribution in [3.05, 3.63) is 0 Å². The molecule has 0 saturated carbocycles. The molecule has 0 aliphatic rings. The molecule has 0 aromatic rings. The highest BCUT2D eigenvalue weighted by Crippen LogP contribution is 2.19. The van der Waals surface area contributed by atoms with E-state index in [4.69, 9.17) is 5.11 Å². The Hall–Kier alpha value is -1.47. The van der Waals surface area contributed by atoms with Crippen molar-refractivity contribution in [3.63, 3.8) is 0 Å². The number of halogens is 3. The molecule has 17 heavy (non-hydrogen) atoms. The minimum atomic E-state index is -4.53. The third-order valence-corrected chi connectivity index (χ3v) is 1.84. The van der Waals surface area contributed by atoms with Crippen LogP contribution in [0.5, 0.6) is 0 Å². The van der Waals surface area contributed by atoms with Crippen LogP contribution in [0.3, 0.4) is 0 Å². The van der Waals surface area contributed by atoms with Crippen molar-refractivity contribution in [2.45, 2.75) is 33.0 Å². The average molecular weight is 256 g/mol. The monoisotopic (exact) mass is 256 g/mol. The number of aliphatic carboxylic acids is 1. The Morgan fingerprint density at radius 3 is 2.00 bits per heavy atom. The lowest BCUT2D eigenvalue weighted by atomic mass is 9.87. The molecule has 0 aliphatic heterocycles. The van der Waals surface area contributed by atoms with Crippen LogP contribution in [0, 0.1) is 5.41 Å². The van der Waals surface area contributed by atoms with Gasteiger partial charge in [-0.1, -0.05) is 20.8 Å². The first-order valence-corrected chi connectivity index (χ1v) is 4.77. The molecule has 0 spiro atoms. The second-order valence-electron chi connectivity index (χ2n) is 4.58. The van der Waals surface area contributed by atoms with E-state index in [9.17, 15) is 22.8 Å². The van der Waals surface area contributed by atoms with Gasteiger partial charge in [0, 0.05) is 0 Å². The van der Waals surface area contributed by atoms with E-state index in [1.807, 2.05) is 5.32 Å². The Morgan fingerprint density at radius 1 is 1.24 bits per heavy atom. The predicted octanol–water partition coefficient (Wildman–Crippen LogP) is 1.35. The van der Waals surface area contributed by atoms with E-state index in [1.54, 1.807) is 26.1 Å². The number of urea groups is 1. The fraction of sp³-hybridized carbons (Fsp3) is 0.778. The molecule has 5 nitrogen and oxygen atoms in total. The number of nitrogens with one attached hydrogen (secondary N) is 2. The number of hydrogen-bond acceptors (Lipinski definition) is 2. The summed E-state index contributed by atoms with van der Waals surface area (Å²) in [5, 5.41) is 12.3. The van der Waals surface area contributed by atoms with Gasteiger partial charge < -0.3 is 15.7 Å². The van der Waals surface area contributed by atoms with E-state index in [1.165, 1.54) is 0 Å². The molecule has 0 aliphatic carbocycles. The van der Waals surface area contributed by atoms with Crippen LogP contribution in [0.2, 0.25) is 0 Å². The lowest BCUT2D eigenvalue weighted by molar-refractivity contribution is -0.141. The summed E-state index contributed by atoms with van der Waals surface area (Å²) in [7, 11) is 0. The normalized spacial score (nSPS) is 14.0. The van der Waals surface area contributed by atoms with Gasteiger partial charge in [-0.2, -0.15) is 13.2 Å². The molecule has 0 fully saturated rings. The maximum Gasteiger partial charge on any atom is 0.405 e. The van der Waals surface area contributed by atoms with E-state index in [-0.39, 0.29) is 0 Å². The lowest BCUT2D eigenvalue weighted by Gasteiger charge is -2.27. The summed E-state index contributed by atoms with van der Waals surface area (Å²) in [6, 6.07) is -2.43. The fourth-order valence-corrected chi connectivity index (χ4v) is 1.01. The third kappa shape index (κ3) is 6.64. The number of carboxylic acids is 1. The maximum absolute atomic E-state index is 11.8. The predicted molar refractivity (Wildman–Crippen MR) is 53.5 cm³/mol. The highest BCUT2D eigenvalue weighted by Gasteiger charge is 2.34. The Labute approximate surface area is 96.4 Å². The van der Waals surface area contributed by atoms with Crippen LogP contribution >= 0.6 is 0 Å². The Morgan fingerprint density at radius 2 is 1.71 bits per heavy atom. The van der Waals surface area contributed by atoms with Gasteiger partial charge in [0.2, 0.25) is 0 Å². The summed E-state index contributed by atoms with van der Waals surface area (Å²) in [6.07, 6.45) is -4.53. The van der Waals surface area contributed by atoms with Crippen molar-refractivity contribution in [1.82, 2.24) is 10.6 Å². The summed E-state index contributed by atoms with van der Waals surface area (Å²) in [4.78, 5) is 21.9. The van der Waals surface area contributed by atoms with E-state index in [2.05, 4.69) is 0 Å². The topological polar surface area (TPSA) is 78.4 Å². The van der Waals surface area contributed by atoms with Gasteiger partial charge in [-0.15, -0.1) is 0 Å². The van der Waals surface area contributed by atoms with E-state index < -0.39 is 36.2 Å². The zero-order chi connectivity index (χ0) is 13.9. The quantitative estimate of drug-likeness (QED) is 0.713. The number of carboxylic acid groups (broad SMARTS) is 1. The molecule has 0 aromatic carbocycles. The molecule has 0 aromatic heterocycles. The Balaban J connectivity index is 4.39. The van der Waals surface area contributed by atoms with Gasteiger partial charge in [-0.3, -0.25) is 0 Å². The lowest BCUT2D eigenvalue weighted by Crippen LogP contribution is -2.53. The van der Waals surface area contributed by atoms with Gasteiger partial charge in [0.1, 0.15) is 12.6 Å². The zero-order valence-electron chi connectivity index (χ0n) is 9.68. The number of rotatable bonds is 3. The first-order chi connectivity index (χ1) is 7.43. The van der Waals surface area contributed by atoms with Gasteiger partial charge in [0.15, 0.2) is 0 Å². The summed E-state index contributed by atoms with van der Waals surface area (Å²) in [5.41, 5.74) is -0.804. The van der Waals surface area contributed by atoms with E-state index in [0.29, 0.717) is 0 Å². The Kier molecular flexibility index (Phi) is 4.79. The number of alkyl halides is 3. The molecule has 100 valence electrons. The maximum atomic E-state index is 11.8. The number of carbonyl (C=O) groups excluding carboxylic acids is 1. The smallest absolute Gasteiger partial charge is 0.405 e. The third-order valence-electron chi connectivity index (χ3n) is 1.84. The molecule has 1 atom stereocenters. The molecule has 0 bridgehead atoms. The van der Waals surface area contributed by atoms with E-state index in [0.717, 1.165) is 0 Å². The zero-order valence-corrected chi connectivity index (χ0v) is 9.68. The molecule has 0 saturated heterocycles. The minimum absolute atomic E-state index is 0.804. The molecule has 0 rings (SSSR count). The second kappa shape index (κ2) is 5.24. The van der Waals surface area contributed by atoms with Crippen LogP contribution in [0.15, 0.2) is 0 Å². The van der Waals surface area contributed by atoms with Gasteiger partial charge in [-0.05, 0) is 5.41 Å². The van der Waals surface area contributed by atoms with Gasteiger partial charge in [0.05, 0.1) is 0 Å². The van der Waals surface area contributed by atoms with Crippen molar-refractivity contribution in [3.8, 4) is 0 Å². The van der Waals surface area contributed by atoms with Crippen molar-refractivity contribution in [1.29, 1.82) is 0 Å². The van der Waals surface area contributed by atoms with Crippen molar-refractivity contribution < 1.29 is 27.9 Å². The standard InChI is InChI=1S/C9H15F3N2O3/c1-8(2,3)5(6(15)16)14-7(17)13-4-9(10,11)12/h5H,4H2,1-3H3,(H,15,16)(H2,13,14,17). The minimum Gasteiger partial charge on any atom is -0.480 e. The largest absolute Gasteiger partial charge is 0.480 e. The SMILES string of the molecule is CC(C)(C)C(NC(=O)NCC(F)(F)F)C(=O)O. The van der Waals surface area contributed by atoms with Crippen LogP contribution in [0.1, 0.15) is 20.8 Å². The summed E-state index contributed by atoms with van der Waals surface area (Å²) >= 11 is 0. The van der Waals surface area contributed by atoms with Crippen LogP contribution < -0.4 is 10.6 Å². The Bertz CT molecular complexity index is 297. The molecule has 8 heteroatoms. The summed E-state index contributed by atoms with van der Waals surface area (Å²) in [6.45, 7) is 3.15. The van der Waals surface area contributed by atoms with Crippen LogP contribution in [-0.4, -0.2) is 35.9 Å². The summed E-state index contributed by atoms with van der Waals surface area (Å²) in [5.74, 6) is -1.31. The first-order valence-electron chi connectivity index (χ1n) is 4.77. The summed E-state index contributed by atoms with van der Waals surface area (Å²) < 4.78 is 35.4. The first kappa shape index (κ1) is 15.5. The average Bonchev–Trinajstić information content (AvgIpc) is 2.07. The van der Waals surface area contributed by atoms with Crippen molar-refractivity contribution >= 4 is 12.0 Å². The van der Waals surface area contributed by atoms with Crippen molar-refractivity contribution in [2.75, 3.05) is 6.54 Å². The molecular weight excluding hydrogens is 241 g/mol. The van der Waals surface area contributed by atoms with Gasteiger partial charge in [0.25, 0.3) is 0 Å². The molecule has 3 N–H and O–H groups in total. The van der Waals surface area contributed by atoms with Crippen LogP contribution in [-0.2, 0) is 4.79 Å². The molecule has 2 amide bonds.